The lowest BCUT2D eigenvalue weighted by molar-refractivity contribution is -0.128. The van der Waals surface area contributed by atoms with Crippen molar-refractivity contribution in [3.63, 3.8) is 0 Å². The summed E-state index contributed by atoms with van der Waals surface area (Å²) >= 11 is 0. The molecule has 0 aliphatic carbocycles. The molecule has 0 bridgehead atoms. The monoisotopic (exact) mass is 335 g/mol. The Morgan fingerprint density at radius 1 is 1.24 bits per heavy atom. The molecule has 0 saturated heterocycles. The maximum absolute atomic E-state index is 13.2. The van der Waals surface area contributed by atoms with Gasteiger partial charge in [0.05, 0.1) is 6.07 Å². The standard InChI is InChI=1S/C23H29NO/c1-6-8-9-13-16-23(18-24,21(25)17-22(3,4)5)20(7-2)19-14-11-10-12-15-19/h6-15,20H,2,16-17H2,1,3-5H3/b8-6+,13-9+/t20-,23+/m0/s1. The van der Waals surface area contributed by atoms with Crippen molar-refractivity contribution < 1.29 is 4.79 Å². The average molecular weight is 335 g/mol. The number of allylic oxidation sites excluding steroid dienone is 5. The first-order valence-corrected chi connectivity index (χ1v) is 8.70. The van der Waals surface area contributed by atoms with Crippen molar-refractivity contribution in [1.82, 2.24) is 0 Å². The summed E-state index contributed by atoms with van der Waals surface area (Å²) in [6.07, 6.45) is 10.1. The number of hydrogen-bond donors (Lipinski definition) is 0. The van der Waals surface area contributed by atoms with E-state index >= 15 is 0 Å². The first-order valence-electron chi connectivity index (χ1n) is 8.70. The van der Waals surface area contributed by atoms with Crippen molar-refractivity contribution in [3.05, 3.63) is 72.9 Å². The second-order valence-electron chi connectivity index (χ2n) is 7.53. The summed E-state index contributed by atoms with van der Waals surface area (Å²) in [7, 11) is 0. The van der Waals surface area contributed by atoms with Crippen LogP contribution in [0.3, 0.4) is 0 Å². The fraction of sp³-hybridized carbons (Fsp3) is 0.391. The van der Waals surface area contributed by atoms with E-state index in [1.807, 2.05) is 82.3 Å². The molecule has 0 aromatic heterocycles. The van der Waals surface area contributed by atoms with Gasteiger partial charge in [-0.1, -0.05) is 81.5 Å². The zero-order valence-electron chi connectivity index (χ0n) is 15.8. The lowest BCUT2D eigenvalue weighted by atomic mass is 9.65. The van der Waals surface area contributed by atoms with Crippen LogP contribution in [0.4, 0.5) is 0 Å². The van der Waals surface area contributed by atoms with Crippen LogP contribution in [0.1, 0.15) is 52.0 Å². The van der Waals surface area contributed by atoms with Crippen molar-refractivity contribution in [2.75, 3.05) is 0 Å². The Hall–Kier alpha value is -2.40. The zero-order valence-corrected chi connectivity index (χ0v) is 15.8. The Morgan fingerprint density at radius 2 is 1.88 bits per heavy atom. The SMILES string of the molecule is C=C[C@@H](c1ccccc1)[C@](C#N)(C/C=C/C=C/C)C(=O)CC(C)(C)C. The molecule has 2 atom stereocenters. The number of ketones is 1. The van der Waals surface area contributed by atoms with E-state index in [0.29, 0.717) is 12.8 Å². The minimum absolute atomic E-state index is 0.0265. The second-order valence-corrected chi connectivity index (χ2v) is 7.53. The van der Waals surface area contributed by atoms with Gasteiger partial charge < -0.3 is 0 Å². The second kappa shape index (κ2) is 9.18. The Balaban J connectivity index is 3.40. The summed E-state index contributed by atoms with van der Waals surface area (Å²) in [5, 5.41) is 10.1. The molecule has 132 valence electrons. The third-order valence-corrected chi connectivity index (χ3v) is 4.19. The zero-order chi connectivity index (χ0) is 18.9. The fourth-order valence-corrected chi connectivity index (χ4v) is 2.96. The Bertz CT molecular complexity index is 670. The van der Waals surface area contributed by atoms with Crippen LogP contribution in [-0.4, -0.2) is 5.78 Å². The lowest BCUT2D eigenvalue weighted by Gasteiger charge is -2.33. The van der Waals surface area contributed by atoms with E-state index in [2.05, 4.69) is 12.6 Å². The first-order chi connectivity index (χ1) is 11.8. The number of nitriles is 1. The van der Waals surface area contributed by atoms with Crippen LogP contribution in [0.25, 0.3) is 0 Å². The van der Waals surface area contributed by atoms with Crippen LogP contribution in [-0.2, 0) is 4.79 Å². The van der Waals surface area contributed by atoms with Gasteiger partial charge in [-0.3, -0.25) is 4.79 Å². The smallest absolute Gasteiger partial charge is 0.154 e. The van der Waals surface area contributed by atoms with Crippen molar-refractivity contribution in [2.45, 2.75) is 46.5 Å². The Labute approximate surface area is 152 Å². The van der Waals surface area contributed by atoms with Gasteiger partial charge in [-0.25, -0.2) is 0 Å². The molecule has 2 nitrogen and oxygen atoms in total. The predicted octanol–water partition coefficient (Wildman–Crippen LogP) is 5.99. The van der Waals surface area contributed by atoms with Crippen molar-refractivity contribution in [2.24, 2.45) is 10.8 Å². The maximum atomic E-state index is 13.2. The topological polar surface area (TPSA) is 40.9 Å². The number of Topliss-reactive ketones (excluding diaryl/α,β-unsaturated/α-hetero) is 1. The molecule has 0 saturated carbocycles. The van der Waals surface area contributed by atoms with E-state index in [1.165, 1.54) is 0 Å². The summed E-state index contributed by atoms with van der Waals surface area (Å²) in [6, 6.07) is 12.1. The quantitative estimate of drug-likeness (QED) is 0.432. The highest BCUT2D eigenvalue weighted by atomic mass is 16.1. The lowest BCUT2D eigenvalue weighted by Crippen LogP contribution is -2.37. The van der Waals surface area contributed by atoms with Gasteiger partial charge in [0.15, 0.2) is 5.78 Å². The van der Waals surface area contributed by atoms with Gasteiger partial charge in [-0.2, -0.15) is 5.26 Å². The molecule has 0 aliphatic rings. The third kappa shape index (κ3) is 5.57. The maximum Gasteiger partial charge on any atom is 0.154 e. The minimum Gasteiger partial charge on any atom is -0.298 e. The average Bonchev–Trinajstić information content (AvgIpc) is 2.57. The van der Waals surface area contributed by atoms with Gasteiger partial charge >= 0.3 is 0 Å². The van der Waals surface area contributed by atoms with E-state index in [4.69, 9.17) is 0 Å². The van der Waals surface area contributed by atoms with E-state index in [0.717, 1.165) is 5.56 Å². The highest BCUT2D eigenvalue weighted by Crippen LogP contribution is 2.43. The number of rotatable bonds is 8. The van der Waals surface area contributed by atoms with Crippen LogP contribution in [0.5, 0.6) is 0 Å². The molecule has 2 heteroatoms. The predicted molar refractivity (Wildman–Crippen MR) is 105 cm³/mol. The highest BCUT2D eigenvalue weighted by molar-refractivity contribution is 5.89. The van der Waals surface area contributed by atoms with E-state index in [1.54, 1.807) is 6.08 Å². The normalized spacial score (nSPS) is 15.6. The molecule has 1 aromatic carbocycles. The van der Waals surface area contributed by atoms with E-state index in [9.17, 15) is 10.1 Å². The molecule has 0 fully saturated rings. The first kappa shape index (κ1) is 20.6. The van der Waals surface area contributed by atoms with Crippen molar-refractivity contribution in [3.8, 4) is 6.07 Å². The molecule has 25 heavy (non-hydrogen) atoms. The molecule has 1 rings (SSSR count). The number of nitrogens with zero attached hydrogens (tertiary/aromatic N) is 1. The molecule has 0 radical (unpaired) electrons. The summed E-state index contributed by atoms with van der Waals surface area (Å²) in [6.45, 7) is 11.9. The molecule has 0 amide bonds. The van der Waals surface area contributed by atoms with Crippen LogP contribution in [0.15, 0.2) is 67.3 Å². The van der Waals surface area contributed by atoms with Crippen molar-refractivity contribution in [1.29, 1.82) is 5.26 Å². The van der Waals surface area contributed by atoms with Gasteiger partial charge in [0.1, 0.15) is 5.41 Å². The van der Waals surface area contributed by atoms with Gasteiger partial charge in [-0.05, 0) is 24.3 Å². The minimum atomic E-state index is -1.14. The van der Waals surface area contributed by atoms with Gasteiger partial charge in [0.2, 0.25) is 0 Å². The van der Waals surface area contributed by atoms with Gasteiger partial charge in [0, 0.05) is 12.3 Å². The van der Waals surface area contributed by atoms with Crippen LogP contribution in [0, 0.1) is 22.2 Å². The number of benzene rings is 1. The van der Waals surface area contributed by atoms with Crippen LogP contribution in [0.2, 0.25) is 0 Å². The molecule has 0 aliphatic heterocycles. The summed E-state index contributed by atoms with van der Waals surface area (Å²) in [4.78, 5) is 13.2. The van der Waals surface area contributed by atoms with Gasteiger partial charge in [-0.15, -0.1) is 6.58 Å². The summed E-state index contributed by atoms with van der Waals surface area (Å²) < 4.78 is 0. The van der Waals surface area contributed by atoms with E-state index < -0.39 is 5.41 Å². The molecule has 0 heterocycles. The fourth-order valence-electron chi connectivity index (χ4n) is 2.96. The molecule has 0 spiro atoms. The van der Waals surface area contributed by atoms with Crippen LogP contribution < -0.4 is 0 Å². The summed E-state index contributed by atoms with van der Waals surface area (Å²) in [5.74, 6) is -0.370. The molecule has 1 aromatic rings. The van der Waals surface area contributed by atoms with Gasteiger partial charge in [0.25, 0.3) is 0 Å². The third-order valence-electron chi connectivity index (χ3n) is 4.19. The summed E-state index contributed by atoms with van der Waals surface area (Å²) in [5.41, 5.74) is -0.371. The Morgan fingerprint density at radius 3 is 2.36 bits per heavy atom. The Kier molecular flexibility index (Phi) is 7.58. The van der Waals surface area contributed by atoms with E-state index in [-0.39, 0.29) is 17.1 Å². The molecule has 0 unspecified atom stereocenters. The largest absolute Gasteiger partial charge is 0.298 e. The highest BCUT2D eigenvalue weighted by Gasteiger charge is 2.45. The number of hydrogen-bond acceptors (Lipinski definition) is 2. The van der Waals surface area contributed by atoms with Crippen LogP contribution >= 0.6 is 0 Å². The molecular weight excluding hydrogens is 306 g/mol. The number of carbonyl (C=O) groups excluding carboxylic acids is 1. The molecular formula is C23H29NO. The number of carbonyl (C=O) groups is 1. The van der Waals surface area contributed by atoms with Crippen molar-refractivity contribution >= 4 is 5.78 Å². The molecule has 0 N–H and O–H groups in total.